The molecule has 2 bridgehead atoms. The van der Waals surface area contributed by atoms with Gasteiger partial charge in [-0.05, 0) is 61.9 Å². The average molecular weight is 379 g/mol. The van der Waals surface area contributed by atoms with Gasteiger partial charge in [0.2, 0.25) is 0 Å². The average Bonchev–Trinajstić information content (AvgIpc) is 3.39. The van der Waals surface area contributed by atoms with Crippen LogP contribution in [-0.4, -0.2) is 45.3 Å². The Balaban J connectivity index is 1.24. The maximum Gasteiger partial charge on any atom is 0.251 e. The van der Waals surface area contributed by atoms with Crippen molar-refractivity contribution in [2.75, 3.05) is 6.61 Å². The smallest absolute Gasteiger partial charge is 0.251 e. The molecule has 3 heterocycles. The number of aromatic nitrogens is 2. The number of benzene rings is 1. The highest BCUT2D eigenvalue weighted by atomic mass is 16.5. The van der Waals surface area contributed by atoms with Gasteiger partial charge in [-0.25, -0.2) is 0 Å². The van der Waals surface area contributed by atoms with Crippen LogP contribution in [0.2, 0.25) is 0 Å². The lowest BCUT2D eigenvalue weighted by molar-refractivity contribution is 0.0928. The van der Waals surface area contributed by atoms with Crippen LogP contribution in [0, 0.1) is 11.5 Å². The van der Waals surface area contributed by atoms with Crippen LogP contribution in [0.3, 0.4) is 0 Å². The van der Waals surface area contributed by atoms with Crippen LogP contribution in [-0.2, 0) is 13.5 Å². The molecule has 0 aliphatic carbocycles. The van der Waals surface area contributed by atoms with E-state index in [0.717, 1.165) is 37.9 Å². The second kappa shape index (κ2) is 7.93. The number of ether oxygens (including phenoxy) is 1. The van der Waals surface area contributed by atoms with Gasteiger partial charge in [0.1, 0.15) is 5.75 Å². The summed E-state index contributed by atoms with van der Waals surface area (Å²) in [6.45, 7) is 0.621. The number of hydrogen-bond acceptors (Lipinski definition) is 5. The van der Waals surface area contributed by atoms with Crippen LogP contribution < -0.4 is 10.1 Å². The van der Waals surface area contributed by atoms with Crippen molar-refractivity contribution in [3.8, 4) is 11.9 Å². The number of nitriles is 1. The Labute approximate surface area is 164 Å². The van der Waals surface area contributed by atoms with Crippen molar-refractivity contribution in [3.05, 3.63) is 47.8 Å². The molecular weight excluding hydrogens is 354 g/mol. The molecule has 1 N–H and O–H groups in total. The molecule has 7 nitrogen and oxygen atoms in total. The summed E-state index contributed by atoms with van der Waals surface area (Å²) in [6, 6.07) is 7.77. The Morgan fingerprint density at radius 2 is 2.18 bits per heavy atom. The van der Waals surface area contributed by atoms with E-state index in [0.29, 0.717) is 18.2 Å². The molecule has 2 aliphatic heterocycles. The highest BCUT2D eigenvalue weighted by Gasteiger charge is 2.46. The molecule has 0 unspecified atom stereocenters. The van der Waals surface area contributed by atoms with E-state index in [9.17, 15) is 10.1 Å². The number of fused-ring (bicyclic) bond motifs is 2. The first kappa shape index (κ1) is 18.4. The molecule has 0 radical (unpaired) electrons. The van der Waals surface area contributed by atoms with Crippen molar-refractivity contribution in [2.45, 2.75) is 50.2 Å². The van der Waals surface area contributed by atoms with Crippen molar-refractivity contribution in [2.24, 2.45) is 7.05 Å². The van der Waals surface area contributed by atoms with E-state index in [4.69, 9.17) is 4.74 Å². The van der Waals surface area contributed by atoms with Gasteiger partial charge in [-0.15, -0.1) is 0 Å². The first-order chi connectivity index (χ1) is 13.6. The monoisotopic (exact) mass is 379 g/mol. The number of nitrogens with zero attached hydrogens (tertiary/aromatic N) is 4. The lowest BCUT2D eigenvalue weighted by atomic mass is 9.95. The third kappa shape index (κ3) is 3.81. The number of carbonyl (C=O) groups excluding carboxylic acids is 1. The van der Waals surface area contributed by atoms with Gasteiger partial charge in [-0.1, -0.05) is 0 Å². The summed E-state index contributed by atoms with van der Waals surface area (Å²) in [5, 5.41) is 16.5. The molecule has 28 heavy (non-hydrogen) atoms. The SMILES string of the molecule is Cn1cc(CCCOc2ccc(C(=O)N[C@@H]3C[C@@H]4CC[C@H]3N4C#N)cc2)cn1. The van der Waals surface area contributed by atoms with E-state index in [1.165, 1.54) is 5.56 Å². The summed E-state index contributed by atoms with van der Waals surface area (Å²) in [4.78, 5) is 14.4. The maximum atomic E-state index is 12.5. The van der Waals surface area contributed by atoms with Crippen molar-refractivity contribution < 1.29 is 9.53 Å². The van der Waals surface area contributed by atoms with E-state index in [2.05, 4.69) is 16.6 Å². The van der Waals surface area contributed by atoms with Gasteiger partial charge in [0.15, 0.2) is 6.19 Å². The molecule has 0 saturated carbocycles. The summed E-state index contributed by atoms with van der Waals surface area (Å²) in [6.07, 6.45) is 10.9. The molecule has 1 aromatic carbocycles. The molecule has 1 aromatic heterocycles. The Morgan fingerprint density at radius 3 is 2.86 bits per heavy atom. The Morgan fingerprint density at radius 1 is 1.36 bits per heavy atom. The lowest BCUT2D eigenvalue weighted by Crippen LogP contribution is -2.43. The van der Waals surface area contributed by atoms with E-state index in [1.807, 2.05) is 36.5 Å². The first-order valence-electron chi connectivity index (χ1n) is 9.83. The molecule has 2 saturated heterocycles. The van der Waals surface area contributed by atoms with E-state index < -0.39 is 0 Å². The fourth-order valence-electron chi connectivity index (χ4n) is 4.32. The molecule has 4 rings (SSSR count). The summed E-state index contributed by atoms with van der Waals surface area (Å²) in [5.41, 5.74) is 1.82. The van der Waals surface area contributed by atoms with Crippen molar-refractivity contribution >= 4 is 5.91 Å². The van der Waals surface area contributed by atoms with Crippen LogP contribution >= 0.6 is 0 Å². The zero-order chi connectivity index (χ0) is 19.5. The maximum absolute atomic E-state index is 12.5. The minimum absolute atomic E-state index is 0.0642. The highest BCUT2D eigenvalue weighted by Crippen LogP contribution is 2.37. The summed E-state index contributed by atoms with van der Waals surface area (Å²) >= 11 is 0. The predicted octanol–water partition coefficient (Wildman–Crippen LogP) is 2.25. The fraction of sp³-hybridized carbons (Fsp3) is 0.476. The fourth-order valence-corrected chi connectivity index (χ4v) is 4.32. The zero-order valence-corrected chi connectivity index (χ0v) is 16.0. The topological polar surface area (TPSA) is 83.2 Å². The quantitative estimate of drug-likeness (QED) is 0.589. The van der Waals surface area contributed by atoms with Crippen LogP contribution in [0.1, 0.15) is 41.6 Å². The van der Waals surface area contributed by atoms with Gasteiger partial charge in [0.05, 0.1) is 24.9 Å². The third-order valence-electron chi connectivity index (χ3n) is 5.72. The standard InChI is InChI=1S/C21H25N5O2/c1-25-13-15(12-23-25)3-2-10-28-18-7-4-16(5-8-18)21(27)24-19-11-17-6-9-20(19)26(17)14-22/h4-5,7-8,12-13,17,19-20H,2-3,6,9-11H2,1H3,(H,24,27)/t17-,19+,20+/m0/s1. The molecule has 2 aliphatic rings. The van der Waals surface area contributed by atoms with Crippen LogP contribution in [0.4, 0.5) is 0 Å². The number of carbonyl (C=O) groups is 1. The second-order valence-electron chi connectivity index (χ2n) is 7.62. The minimum Gasteiger partial charge on any atom is -0.494 e. The molecular formula is C21H25N5O2. The number of aryl methyl sites for hydroxylation is 2. The van der Waals surface area contributed by atoms with Gasteiger partial charge in [0.25, 0.3) is 5.91 Å². The summed E-state index contributed by atoms with van der Waals surface area (Å²) in [7, 11) is 1.91. The molecule has 2 aromatic rings. The Hall–Kier alpha value is -3.01. The number of rotatable bonds is 7. The first-order valence-corrected chi connectivity index (χ1v) is 9.83. The van der Waals surface area contributed by atoms with Crippen molar-refractivity contribution in [1.82, 2.24) is 20.0 Å². The lowest BCUT2D eigenvalue weighted by Gasteiger charge is -2.21. The molecule has 0 spiro atoms. The largest absolute Gasteiger partial charge is 0.494 e. The Kier molecular flexibility index (Phi) is 5.20. The van der Waals surface area contributed by atoms with Gasteiger partial charge < -0.3 is 15.0 Å². The normalized spacial score (nSPS) is 22.9. The van der Waals surface area contributed by atoms with Crippen LogP contribution in [0.25, 0.3) is 0 Å². The van der Waals surface area contributed by atoms with E-state index in [1.54, 1.807) is 16.8 Å². The molecule has 146 valence electrons. The highest BCUT2D eigenvalue weighted by molar-refractivity contribution is 5.94. The molecule has 1 amide bonds. The van der Waals surface area contributed by atoms with Crippen LogP contribution in [0.15, 0.2) is 36.7 Å². The van der Waals surface area contributed by atoms with Gasteiger partial charge >= 0.3 is 0 Å². The van der Waals surface area contributed by atoms with Gasteiger partial charge in [0, 0.05) is 24.8 Å². The van der Waals surface area contributed by atoms with Crippen molar-refractivity contribution in [3.63, 3.8) is 0 Å². The predicted molar refractivity (Wildman–Crippen MR) is 104 cm³/mol. The molecule has 2 fully saturated rings. The number of hydrogen-bond donors (Lipinski definition) is 1. The molecule has 3 atom stereocenters. The van der Waals surface area contributed by atoms with Crippen molar-refractivity contribution in [1.29, 1.82) is 5.26 Å². The van der Waals surface area contributed by atoms with Crippen LogP contribution in [0.5, 0.6) is 5.75 Å². The summed E-state index contributed by atoms with van der Waals surface area (Å²) in [5.74, 6) is 0.678. The second-order valence-corrected chi connectivity index (χ2v) is 7.62. The van der Waals surface area contributed by atoms with Gasteiger partial charge in [-0.3, -0.25) is 9.48 Å². The summed E-state index contributed by atoms with van der Waals surface area (Å²) < 4.78 is 7.57. The third-order valence-corrected chi connectivity index (χ3v) is 5.72. The van der Waals surface area contributed by atoms with Gasteiger partial charge in [-0.2, -0.15) is 10.4 Å². The molecule has 7 heteroatoms. The number of amides is 1. The Bertz CT molecular complexity index is 870. The van der Waals surface area contributed by atoms with E-state index >= 15 is 0 Å². The minimum atomic E-state index is -0.0847. The number of nitrogens with one attached hydrogen (secondary N) is 1. The zero-order valence-electron chi connectivity index (χ0n) is 16.0. The van der Waals surface area contributed by atoms with E-state index in [-0.39, 0.29) is 18.0 Å².